The number of amides is 1. The molecule has 1 fully saturated rings. The lowest BCUT2D eigenvalue weighted by molar-refractivity contribution is -0.134. The predicted octanol–water partition coefficient (Wildman–Crippen LogP) is 3.11. The van der Waals surface area contributed by atoms with E-state index in [1.165, 1.54) is 18.2 Å². The van der Waals surface area contributed by atoms with Crippen LogP contribution in [0.4, 0.5) is 0 Å². The Balaban J connectivity index is 1.71. The fraction of sp³-hybridized carbons (Fsp3) is 0.429. The van der Waals surface area contributed by atoms with Crippen molar-refractivity contribution >= 4 is 34.3 Å². The molecule has 8 heteroatoms. The van der Waals surface area contributed by atoms with E-state index in [0.29, 0.717) is 28.6 Å². The number of piperidine rings is 1. The number of carbonyl (C=O) groups excluding carboxylic acids is 1. The van der Waals surface area contributed by atoms with Gasteiger partial charge >= 0.3 is 0 Å². The van der Waals surface area contributed by atoms with Crippen molar-refractivity contribution in [2.45, 2.75) is 56.9 Å². The summed E-state index contributed by atoms with van der Waals surface area (Å²) < 4.78 is 3.42. The zero-order chi connectivity index (χ0) is 20.5. The zero-order valence-corrected chi connectivity index (χ0v) is 17.6. The minimum absolute atomic E-state index is 0.121. The van der Waals surface area contributed by atoms with Crippen molar-refractivity contribution < 1.29 is 4.79 Å². The Hall–Kier alpha value is -2.61. The highest BCUT2D eigenvalue weighted by Crippen LogP contribution is 2.26. The molecule has 29 heavy (non-hydrogen) atoms. The maximum absolute atomic E-state index is 12.9. The third kappa shape index (κ3) is 3.46. The van der Waals surface area contributed by atoms with E-state index in [-0.39, 0.29) is 23.6 Å². The Bertz CT molecular complexity index is 1130. The second kappa shape index (κ2) is 8.02. The summed E-state index contributed by atoms with van der Waals surface area (Å²) in [5.41, 5.74) is 0.622. The van der Waals surface area contributed by atoms with Gasteiger partial charge in [0, 0.05) is 18.6 Å². The van der Waals surface area contributed by atoms with Crippen LogP contribution in [0.25, 0.3) is 16.7 Å². The summed E-state index contributed by atoms with van der Waals surface area (Å²) in [6.07, 6.45) is 4.93. The number of hydrogen-bond acceptors (Lipinski definition) is 5. The molecule has 2 aromatic heterocycles. The molecule has 1 aromatic carbocycles. The van der Waals surface area contributed by atoms with Gasteiger partial charge in [0.1, 0.15) is 0 Å². The topological polar surface area (TPSA) is 72.5 Å². The number of nitrogens with zero attached hydrogens (tertiary/aromatic N) is 5. The van der Waals surface area contributed by atoms with Gasteiger partial charge in [-0.15, -0.1) is 16.8 Å². The standard InChI is InChI=1S/C21H25N5O2S/c1-4-12-24-19(28)16-10-5-6-11-17(16)26-20(24)22-23-21(26)29-13-18(27)25-14(2)8-7-9-15(25)3/h4-6,10-11,14-15H,1,7-9,12-13H2,2-3H3/t14-,15-/m1/s1. The minimum Gasteiger partial charge on any atom is -0.337 e. The number of para-hydroxylation sites is 1. The van der Waals surface area contributed by atoms with Gasteiger partial charge in [-0.2, -0.15) is 0 Å². The van der Waals surface area contributed by atoms with Crippen molar-refractivity contribution in [1.82, 2.24) is 24.1 Å². The second-order valence-corrected chi connectivity index (χ2v) is 8.50. The molecule has 0 spiro atoms. The average molecular weight is 412 g/mol. The van der Waals surface area contributed by atoms with E-state index in [0.717, 1.165) is 18.4 Å². The second-order valence-electron chi connectivity index (χ2n) is 7.56. The molecule has 0 aliphatic carbocycles. The SMILES string of the molecule is C=CCn1c(=O)c2ccccc2n2c(SCC(=O)N3[C@H](C)CCC[C@H]3C)nnc12. The number of benzene rings is 1. The van der Waals surface area contributed by atoms with E-state index in [1.54, 1.807) is 16.7 Å². The third-order valence-electron chi connectivity index (χ3n) is 5.60. The van der Waals surface area contributed by atoms with Gasteiger partial charge in [0.05, 0.1) is 16.7 Å². The molecule has 7 nitrogen and oxygen atoms in total. The van der Waals surface area contributed by atoms with Crippen LogP contribution in [0, 0.1) is 0 Å². The maximum Gasteiger partial charge on any atom is 0.263 e. The van der Waals surface area contributed by atoms with Crippen LogP contribution < -0.4 is 5.56 Å². The molecule has 0 radical (unpaired) electrons. The summed E-state index contributed by atoms with van der Waals surface area (Å²) in [5.74, 6) is 0.878. The molecule has 1 amide bonds. The first-order valence-electron chi connectivity index (χ1n) is 9.94. The number of carbonyl (C=O) groups is 1. The van der Waals surface area contributed by atoms with E-state index in [2.05, 4.69) is 30.6 Å². The number of aromatic nitrogens is 4. The van der Waals surface area contributed by atoms with Crippen LogP contribution in [0.1, 0.15) is 33.1 Å². The van der Waals surface area contributed by atoms with Gasteiger partial charge in [-0.3, -0.25) is 18.6 Å². The summed E-state index contributed by atoms with van der Waals surface area (Å²) in [5, 5.41) is 9.75. The van der Waals surface area contributed by atoms with Gasteiger partial charge in [-0.1, -0.05) is 30.0 Å². The van der Waals surface area contributed by atoms with Gasteiger partial charge in [0.15, 0.2) is 5.16 Å². The summed E-state index contributed by atoms with van der Waals surface area (Å²) >= 11 is 1.37. The van der Waals surface area contributed by atoms with E-state index in [9.17, 15) is 9.59 Å². The lowest BCUT2D eigenvalue weighted by Crippen LogP contribution is -2.48. The lowest BCUT2D eigenvalue weighted by Gasteiger charge is -2.39. The number of hydrogen-bond donors (Lipinski definition) is 0. The molecule has 1 aliphatic rings. The van der Waals surface area contributed by atoms with Gasteiger partial charge in [-0.25, -0.2) is 0 Å². The van der Waals surface area contributed by atoms with Crippen molar-refractivity contribution in [2.24, 2.45) is 0 Å². The van der Waals surface area contributed by atoms with Crippen LogP contribution in [0.15, 0.2) is 46.9 Å². The fourth-order valence-electron chi connectivity index (χ4n) is 4.23. The Morgan fingerprint density at radius 2 is 1.97 bits per heavy atom. The van der Waals surface area contributed by atoms with Crippen molar-refractivity contribution in [3.05, 3.63) is 47.3 Å². The number of likely N-dealkylation sites (tertiary alicyclic amines) is 1. The first kappa shape index (κ1) is 19.7. The van der Waals surface area contributed by atoms with Crippen LogP contribution >= 0.6 is 11.8 Å². The molecule has 2 atom stereocenters. The highest BCUT2D eigenvalue weighted by molar-refractivity contribution is 7.99. The van der Waals surface area contributed by atoms with Crippen molar-refractivity contribution in [3.63, 3.8) is 0 Å². The largest absolute Gasteiger partial charge is 0.337 e. The van der Waals surface area contributed by atoms with Gasteiger partial charge < -0.3 is 4.90 Å². The van der Waals surface area contributed by atoms with Gasteiger partial charge in [0.25, 0.3) is 5.56 Å². The van der Waals surface area contributed by atoms with Crippen LogP contribution in [0.5, 0.6) is 0 Å². The Labute approximate surface area is 173 Å². The monoisotopic (exact) mass is 411 g/mol. The maximum atomic E-state index is 12.9. The molecule has 1 aliphatic heterocycles. The Morgan fingerprint density at radius 1 is 1.24 bits per heavy atom. The lowest BCUT2D eigenvalue weighted by atomic mass is 9.98. The first-order chi connectivity index (χ1) is 14.0. The molecule has 0 unspecified atom stereocenters. The van der Waals surface area contributed by atoms with E-state index in [4.69, 9.17) is 0 Å². The first-order valence-corrected chi connectivity index (χ1v) is 10.9. The van der Waals surface area contributed by atoms with Crippen molar-refractivity contribution in [3.8, 4) is 0 Å². The third-order valence-corrected chi connectivity index (χ3v) is 6.51. The smallest absolute Gasteiger partial charge is 0.263 e. The highest BCUT2D eigenvalue weighted by Gasteiger charge is 2.29. The van der Waals surface area contributed by atoms with E-state index in [1.807, 2.05) is 27.5 Å². The summed E-state index contributed by atoms with van der Waals surface area (Å²) in [7, 11) is 0. The van der Waals surface area contributed by atoms with Crippen LogP contribution in [-0.2, 0) is 11.3 Å². The Morgan fingerprint density at radius 3 is 2.69 bits per heavy atom. The molecule has 3 aromatic rings. The summed E-state index contributed by atoms with van der Waals surface area (Å²) in [6.45, 7) is 8.32. The zero-order valence-electron chi connectivity index (χ0n) is 16.7. The fourth-order valence-corrected chi connectivity index (χ4v) is 5.04. The molecular formula is C21H25N5O2S. The van der Waals surface area contributed by atoms with Gasteiger partial charge in [0.2, 0.25) is 11.7 Å². The van der Waals surface area contributed by atoms with Crippen LogP contribution in [0.3, 0.4) is 0 Å². The van der Waals surface area contributed by atoms with E-state index >= 15 is 0 Å². The van der Waals surface area contributed by atoms with Crippen LogP contribution in [0.2, 0.25) is 0 Å². The molecule has 1 saturated heterocycles. The quantitative estimate of drug-likeness (QED) is 0.476. The minimum atomic E-state index is -0.121. The van der Waals surface area contributed by atoms with Gasteiger partial charge in [-0.05, 0) is 45.2 Å². The molecule has 152 valence electrons. The summed E-state index contributed by atoms with van der Waals surface area (Å²) in [6, 6.07) is 7.93. The molecule has 0 bridgehead atoms. The summed E-state index contributed by atoms with van der Waals surface area (Å²) in [4.78, 5) is 27.8. The van der Waals surface area contributed by atoms with Crippen molar-refractivity contribution in [1.29, 1.82) is 0 Å². The van der Waals surface area contributed by atoms with Crippen molar-refractivity contribution in [2.75, 3.05) is 5.75 Å². The molecule has 0 N–H and O–H groups in total. The molecule has 3 heterocycles. The molecular weight excluding hydrogens is 386 g/mol. The van der Waals surface area contributed by atoms with Crippen LogP contribution in [-0.4, -0.2) is 47.8 Å². The molecule has 0 saturated carbocycles. The highest BCUT2D eigenvalue weighted by atomic mass is 32.2. The average Bonchev–Trinajstić information content (AvgIpc) is 3.13. The number of rotatable bonds is 5. The predicted molar refractivity (Wildman–Crippen MR) is 115 cm³/mol. The number of allylic oxidation sites excluding steroid dienone is 1. The molecule has 4 rings (SSSR count). The number of fused-ring (bicyclic) bond motifs is 3. The number of thioether (sulfide) groups is 1. The van der Waals surface area contributed by atoms with E-state index < -0.39 is 0 Å². The normalized spacial score (nSPS) is 19.7. The Kier molecular flexibility index (Phi) is 5.45.